The van der Waals surface area contributed by atoms with Crippen LogP contribution in [0.2, 0.25) is 0 Å². The molecule has 4 rings (SSSR count). The van der Waals surface area contributed by atoms with E-state index in [0.29, 0.717) is 22.8 Å². The van der Waals surface area contributed by atoms with Crippen LogP contribution >= 0.6 is 0 Å². The highest BCUT2D eigenvalue weighted by molar-refractivity contribution is 5.99. The molecule has 8 heteroatoms. The molecule has 1 saturated heterocycles. The number of nitrogens with two attached hydrogens (primary N) is 1. The van der Waals surface area contributed by atoms with Crippen LogP contribution in [0.4, 0.5) is 20.5 Å². The number of fused-ring (bicyclic) bond motifs is 1. The Kier molecular flexibility index (Phi) is 3.33. The lowest BCUT2D eigenvalue weighted by Crippen LogP contribution is -2.20. The monoisotopic (exact) mass is 330 g/mol. The number of aryl methyl sites for hydroxylation is 1. The number of hydrogen-bond acceptors (Lipinski definition) is 5. The predicted molar refractivity (Wildman–Crippen MR) is 87.5 cm³/mol. The fourth-order valence-corrected chi connectivity index (χ4v) is 3.04. The Balaban J connectivity index is 2.02. The highest BCUT2D eigenvalue weighted by atomic mass is 19.2. The third kappa shape index (κ3) is 2.17. The van der Waals surface area contributed by atoms with E-state index in [0.717, 1.165) is 32.0 Å². The Hall–Kier alpha value is -2.77. The van der Waals surface area contributed by atoms with Gasteiger partial charge in [0.15, 0.2) is 17.3 Å². The summed E-state index contributed by atoms with van der Waals surface area (Å²) in [4.78, 5) is 11.0. The van der Waals surface area contributed by atoms with Crippen LogP contribution in [0, 0.1) is 11.6 Å². The summed E-state index contributed by atoms with van der Waals surface area (Å²) in [6, 6.07) is 4.01. The van der Waals surface area contributed by atoms with Gasteiger partial charge in [-0.05, 0) is 25.0 Å². The van der Waals surface area contributed by atoms with Gasteiger partial charge in [-0.1, -0.05) is 6.07 Å². The lowest BCUT2D eigenvalue weighted by Gasteiger charge is -2.16. The first-order valence-corrected chi connectivity index (χ1v) is 7.76. The lowest BCUT2D eigenvalue weighted by molar-refractivity contribution is 0.511. The molecule has 0 aliphatic carbocycles. The van der Waals surface area contributed by atoms with Crippen LogP contribution in [-0.4, -0.2) is 32.8 Å². The Labute approximate surface area is 136 Å². The van der Waals surface area contributed by atoms with Gasteiger partial charge in [-0.15, -0.1) is 0 Å². The molecule has 2 aromatic heterocycles. The number of aromatic nitrogens is 4. The molecule has 1 aliphatic heterocycles. The minimum Gasteiger partial charge on any atom is -0.383 e. The molecule has 3 aromatic rings. The van der Waals surface area contributed by atoms with Crippen LogP contribution < -0.4 is 10.6 Å². The maximum atomic E-state index is 14.3. The fourth-order valence-electron chi connectivity index (χ4n) is 3.04. The molecule has 6 nitrogen and oxygen atoms in total. The lowest BCUT2D eigenvalue weighted by atomic mass is 10.1. The zero-order chi connectivity index (χ0) is 16.8. The summed E-state index contributed by atoms with van der Waals surface area (Å²) in [6.07, 6.45) is 2.10. The van der Waals surface area contributed by atoms with Gasteiger partial charge < -0.3 is 10.6 Å². The van der Waals surface area contributed by atoms with E-state index in [2.05, 4.69) is 15.1 Å². The van der Waals surface area contributed by atoms with Crippen molar-refractivity contribution in [1.82, 2.24) is 19.7 Å². The van der Waals surface area contributed by atoms with E-state index in [-0.39, 0.29) is 11.3 Å². The Morgan fingerprint density at radius 2 is 1.88 bits per heavy atom. The molecule has 24 heavy (non-hydrogen) atoms. The molecule has 0 spiro atoms. The summed E-state index contributed by atoms with van der Waals surface area (Å²) < 4.78 is 29.5. The average molecular weight is 330 g/mol. The SMILES string of the molecule is Cn1nc2nc(N3CCCC3)nc(-c3cccc(F)c3F)c2c1N. The van der Waals surface area contributed by atoms with E-state index in [1.54, 1.807) is 7.05 Å². The smallest absolute Gasteiger partial charge is 0.228 e. The maximum Gasteiger partial charge on any atom is 0.228 e. The Morgan fingerprint density at radius 1 is 1.12 bits per heavy atom. The van der Waals surface area contributed by atoms with E-state index in [1.165, 1.54) is 16.8 Å². The molecular formula is C16H16F2N6. The van der Waals surface area contributed by atoms with Gasteiger partial charge >= 0.3 is 0 Å². The topological polar surface area (TPSA) is 72.9 Å². The molecular weight excluding hydrogens is 314 g/mol. The predicted octanol–water partition coefficient (Wildman–Crippen LogP) is 2.49. The van der Waals surface area contributed by atoms with Crippen LogP contribution in [0.3, 0.4) is 0 Å². The van der Waals surface area contributed by atoms with E-state index in [9.17, 15) is 8.78 Å². The molecule has 0 radical (unpaired) electrons. The first-order valence-electron chi connectivity index (χ1n) is 7.76. The van der Waals surface area contributed by atoms with Crippen molar-refractivity contribution in [2.45, 2.75) is 12.8 Å². The number of benzene rings is 1. The van der Waals surface area contributed by atoms with Crippen LogP contribution in [0.15, 0.2) is 18.2 Å². The van der Waals surface area contributed by atoms with E-state index < -0.39 is 11.6 Å². The number of rotatable bonds is 2. The third-order valence-corrected chi connectivity index (χ3v) is 4.32. The zero-order valence-electron chi connectivity index (χ0n) is 13.1. The minimum atomic E-state index is -0.951. The highest BCUT2D eigenvalue weighted by Crippen LogP contribution is 2.34. The number of hydrogen-bond donors (Lipinski definition) is 1. The van der Waals surface area contributed by atoms with Crippen molar-refractivity contribution in [3.63, 3.8) is 0 Å². The van der Waals surface area contributed by atoms with Gasteiger partial charge in [0.2, 0.25) is 5.95 Å². The number of anilines is 2. The molecule has 0 amide bonds. The second-order valence-electron chi connectivity index (χ2n) is 5.88. The third-order valence-electron chi connectivity index (χ3n) is 4.32. The second-order valence-corrected chi connectivity index (χ2v) is 5.88. The van der Waals surface area contributed by atoms with Crippen molar-refractivity contribution in [1.29, 1.82) is 0 Å². The molecule has 1 aromatic carbocycles. The van der Waals surface area contributed by atoms with Crippen LogP contribution in [-0.2, 0) is 7.05 Å². The quantitative estimate of drug-likeness (QED) is 0.781. The summed E-state index contributed by atoms with van der Waals surface area (Å²) in [5, 5.41) is 4.72. The molecule has 0 atom stereocenters. The minimum absolute atomic E-state index is 0.0579. The van der Waals surface area contributed by atoms with Gasteiger partial charge in [-0.2, -0.15) is 10.1 Å². The number of halogens is 2. The summed E-state index contributed by atoms with van der Waals surface area (Å²) in [6.45, 7) is 1.66. The Morgan fingerprint density at radius 3 is 2.62 bits per heavy atom. The van der Waals surface area contributed by atoms with Gasteiger partial charge in [0.05, 0.1) is 11.1 Å². The van der Waals surface area contributed by atoms with Gasteiger partial charge in [0.1, 0.15) is 5.82 Å². The average Bonchev–Trinajstić information content (AvgIpc) is 3.19. The van der Waals surface area contributed by atoms with Crippen LogP contribution in [0.1, 0.15) is 12.8 Å². The molecule has 0 saturated carbocycles. The van der Waals surface area contributed by atoms with Crippen molar-refractivity contribution >= 4 is 22.8 Å². The molecule has 0 bridgehead atoms. The number of nitrogens with zero attached hydrogens (tertiary/aromatic N) is 5. The van der Waals surface area contributed by atoms with Crippen molar-refractivity contribution in [3.8, 4) is 11.3 Å². The molecule has 2 N–H and O–H groups in total. The molecule has 0 unspecified atom stereocenters. The van der Waals surface area contributed by atoms with Gasteiger partial charge in [-0.25, -0.2) is 13.8 Å². The molecule has 3 heterocycles. The van der Waals surface area contributed by atoms with Crippen molar-refractivity contribution < 1.29 is 8.78 Å². The van der Waals surface area contributed by atoms with E-state index in [4.69, 9.17) is 5.73 Å². The normalized spacial score (nSPS) is 14.7. The summed E-state index contributed by atoms with van der Waals surface area (Å²) in [5.41, 5.74) is 6.76. The Bertz CT molecular complexity index is 930. The van der Waals surface area contributed by atoms with Crippen molar-refractivity contribution in [3.05, 3.63) is 29.8 Å². The molecule has 1 aliphatic rings. The summed E-state index contributed by atoms with van der Waals surface area (Å²) in [5.74, 6) is -1.09. The summed E-state index contributed by atoms with van der Waals surface area (Å²) >= 11 is 0. The van der Waals surface area contributed by atoms with E-state index >= 15 is 0 Å². The van der Waals surface area contributed by atoms with Crippen molar-refractivity contribution in [2.24, 2.45) is 7.05 Å². The van der Waals surface area contributed by atoms with E-state index in [1.807, 2.05) is 4.90 Å². The van der Waals surface area contributed by atoms with Crippen LogP contribution in [0.5, 0.6) is 0 Å². The van der Waals surface area contributed by atoms with Gasteiger partial charge in [-0.3, -0.25) is 4.68 Å². The first-order chi connectivity index (χ1) is 11.6. The van der Waals surface area contributed by atoms with Crippen molar-refractivity contribution in [2.75, 3.05) is 23.7 Å². The van der Waals surface area contributed by atoms with Gasteiger partial charge in [0.25, 0.3) is 0 Å². The zero-order valence-corrected chi connectivity index (χ0v) is 13.1. The second kappa shape index (κ2) is 5.40. The first kappa shape index (κ1) is 14.8. The maximum absolute atomic E-state index is 14.3. The van der Waals surface area contributed by atoms with Crippen LogP contribution in [0.25, 0.3) is 22.3 Å². The molecule has 1 fully saturated rings. The highest BCUT2D eigenvalue weighted by Gasteiger charge is 2.23. The van der Waals surface area contributed by atoms with Gasteiger partial charge in [0, 0.05) is 25.7 Å². The summed E-state index contributed by atoms with van der Waals surface area (Å²) in [7, 11) is 1.68. The molecule has 124 valence electrons. The largest absolute Gasteiger partial charge is 0.383 e. The standard InChI is InChI=1S/C16H16F2N6/c1-23-14(19)11-13(9-5-4-6-10(17)12(9)18)20-16(21-15(11)22-23)24-7-2-3-8-24/h4-6H,2-3,7-8,19H2,1H3. The fraction of sp³-hybridized carbons (Fsp3) is 0.312. The number of nitrogen functional groups attached to an aromatic ring is 1.